The van der Waals surface area contributed by atoms with Crippen LogP contribution in [0.1, 0.15) is 19.8 Å². The van der Waals surface area contributed by atoms with Gasteiger partial charge < -0.3 is 14.8 Å². The summed E-state index contributed by atoms with van der Waals surface area (Å²) in [5, 5.41) is 7.06. The van der Waals surface area contributed by atoms with Crippen molar-refractivity contribution in [3.8, 4) is 0 Å². The lowest BCUT2D eigenvalue weighted by molar-refractivity contribution is -0.120. The highest BCUT2D eigenvalue weighted by Crippen LogP contribution is 2.15. The van der Waals surface area contributed by atoms with Gasteiger partial charge in [0, 0.05) is 19.9 Å². The fraction of sp³-hybridized carbons (Fsp3) is 0.692. The molecule has 0 radical (unpaired) electrons. The van der Waals surface area contributed by atoms with E-state index in [0.717, 1.165) is 26.0 Å². The van der Waals surface area contributed by atoms with Crippen LogP contribution in [-0.4, -0.2) is 42.1 Å². The van der Waals surface area contributed by atoms with Crippen LogP contribution in [0.2, 0.25) is 0 Å². The molecule has 1 aromatic heterocycles. The van der Waals surface area contributed by atoms with Gasteiger partial charge in [0.15, 0.2) is 0 Å². The number of rotatable bonds is 6. The Labute approximate surface area is 113 Å². The van der Waals surface area contributed by atoms with E-state index in [2.05, 4.69) is 10.4 Å². The van der Waals surface area contributed by atoms with Gasteiger partial charge in [-0.15, -0.1) is 0 Å². The Kier molecular flexibility index (Phi) is 4.93. The fourth-order valence-corrected chi connectivity index (χ4v) is 2.12. The van der Waals surface area contributed by atoms with Crippen LogP contribution in [0.15, 0.2) is 12.4 Å². The molecule has 1 aliphatic rings. The molecule has 0 bridgehead atoms. The van der Waals surface area contributed by atoms with E-state index in [9.17, 15) is 4.79 Å². The molecule has 0 aliphatic carbocycles. The van der Waals surface area contributed by atoms with Crippen molar-refractivity contribution in [2.75, 3.05) is 25.6 Å². The van der Waals surface area contributed by atoms with E-state index in [0.29, 0.717) is 12.3 Å². The van der Waals surface area contributed by atoms with Crippen molar-refractivity contribution >= 4 is 11.6 Å². The minimum atomic E-state index is -0.175. The van der Waals surface area contributed by atoms with Gasteiger partial charge in [0.1, 0.15) is 0 Å². The maximum Gasteiger partial charge on any atom is 0.229 e. The van der Waals surface area contributed by atoms with Crippen molar-refractivity contribution in [3.05, 3.63) is 12.4 Å². The Hall–Kier alpha value is -1.40. The van der Waals surface area contributed by atoms with Gasteiger partial charge in [-0.1, -0.05) is 6.92 Å². The molecule has 6 nitrogen and oxygen atoms in total. The Bertz CT molecular complexity index is 413. The maximum atomic E-state index is 11.8. The third kappa shape index (κ3) is 4.04. The minimum absolute atomic E-state index is 0.0569. The summed E-state index contributed by atoms with van der Waals surface area (Å²) in [5.41, 5.74) is 0.714. The van der Waals surface area contributed by atoms with Gasteiger partial charge in [-0.25, -0.2) is 0 Å². The Morgan fingerprint density at radius 3 is 3.26 bits per heavy atom. The molecule has 1 fully saturated rings. The van der Waals surface area contributed by atoms with Crippen LogP contribution in [-0.2, 0) is 20.8 Å². The van der Waals surface area contributed by atoms with Gasteiger partial charge >= 0.3 is 0 Å². The molecule has 1 aliphatic heterocycles. The topological polar surface area (TPSA) is 65.4 Å². The molecule has 1 amide bonds. The third-order valence-electron chi connectivity index (χ3n) is 3.18. The molecule has 6 heteroatoms. The molecular weight excluding hydrogens is 246 g/mol. The van der Waals surface area contributed by atoms with Crippen molar-refractivity contribution in [3.63, 3.8) is 0 Å². The minimum Gasteiger partial charge on any atom is -0.384 e. The quantitative estimate of drug-likeness (QED) is 0.843. The van der Waals surface area contributed by atoms with Crippen molar-refractivity contribution in [2.45, 2.75) is 32.4 Å². The van der Waals surface area contributed by atoms with E-state index in [-0.39, 0.29) is 17.9 Å². The van der Waals surface area contributed by atoms with Gasteiger partial charge in [0.2, 0.25) is 5.91 Å². The van der Waals surface area contributed by atoms with Crippen LogP contribution >= 0.6 is 0 Å². The molecule has 19 heavy (non-hydrogen) atoms. The molecule has 2 unspecified atom stereocenters. The van der Waals surface area contributed by atoms with Crippen LogP contribution in [0.5, 0.6) is 0 Å². The molecule has 2 rings (SSSR count). The number of amides is 1. The number of methoxy groups -OCH3 is 1. The summed E-state index contributed by atoms with van der Waals surface area (Å²) in [7, 11) is 1.59. The standard InChI is InChI=1S/C13H21N3O3/c1-10(9-18-2)13(17)15-11-6-14-16(7-11)8-12-4-3-5-19-12/h6-7,10,12H,3-5,8-9H2,1-2H3,(H,15,17). The zero-order chi connectivity index (χ0) is 13.7. The zero-order valence-corrected chi connectivity index (χ0v) is 11.5. The van der Waals surface area contributed by atoms with Gasteiger partial charge in [-0.2, -0.15) is 5.10 Å². The lowest BCUT2D eigenvalue weighted by atomic mass is 10.2. The highest BCUT2D eigenvalue weighted by atomic mass is 16.5. The average molecular weight is 267 g/mol. The molecule has 1 saturated heterocycles. The number of aromatic nitrogens is 2. The lowest BCUT2D eigenvalue weighted by Gasteiger charge is -2.10. The highest BCUT2D eigenvalue weighted by molar-refractivity contribution is 5.92. The first-order valence-electron chi connectivity index (χ1n) is 6.63. The van der Waals surface area contributed by atoms with Crippen LogP contribution in [0.3, 0.4) is 0 Å². The second-order valence-electron chi connectivity index (χ2n) is 4.93. The molecular formula is C13H21N3O3. The summed E-state index contributed by atoms with van der Waals surface area (Å²) < 4.78 is 12.3. The average Bonchev–Trinajstić information content (AvgIpc) is 3.02. The SMILES string of the molecule is COCC(C)C(=O)Nc1cnn(CC2CCCO2)c1. The van der Waals surface area contributed by atoms with E-state index in [1.165, 1.54) is 0 Å². The van der Waals surface area contributed by atoms with Crippen LogP contribution in [0.25, 0.3) is 0 Å². The second kappa shape index (κ2) is 6.68. The highest BCUT2D eigenvalue weighted by Gasteiger charge is 2.17. The number of carbonyl (C=O) groups excluding carboxylic acids is 1. The monoisotopic (exact) mass is 267 g/mol. The molecule has 2 heterocycles. The summed E-state index contributed by atoms with van der Waals surface area (Å²) in [6.07, 6.45) is 5.93. The molecule has 106 valence electrons. The lowest BCUT2D eigenvalue weighted by Crippen LogP contribution is -2.23. The maximum absolute atomic E-state index is 11.8. The predicted molar refractivity (Wildman–Crippen MR) is 70.9 cm³/mol. The normalized spacial score (nSPS) is 20.4. The van der Waals surface area contributed by atoms with Crippen molar-refractivity contribution in [2.24, 2.45) is 5.92 Å². The van der Waals surface area contributed by atoms with E-state index in [4.69, 9.17) is 9.47 Å². The summed E-state index contributed by atoms with van der Waals surface area (Å²) in [6.45, 7) is 3.82. The number of nitrogens with one attached hydrogen (secondary N) is 1. The number of hydrogen-bond acceptors (Lipinski definition) is 4. The summed E-state index contributed by atoms with van der Waals surface area (Å²) in [5.74, 6) is -0.231. The van der Waals surface area contributed by atoms with E-state index < -0.39 is 0 Å². The Morgan fingerprint density at radius 2 is 2.58 bits per heavy atom. The van der Waals surface area contributed by atoms with Crippen molar-refractivity contribution in [1.29, 1.82) is 0 Å². The van der Waals surface area contributed by atoms with Crippen molar-refractivity contribution in [1.82, 2.24) is 9.78 Å². The van der Waals surface area contributed by atoms with E-state index >= 15 is 0 Å². The van der Waals surface area contributed by atoms with Crippen LogP contribution in [0, 0.1) is 5.92 Å². The van der Waals surface area contributed by atoms with Gasteiger partial charge in [0.25, 0.3) is 0 Å². The first kappa shape index (κ1) is 14.0. The first-order valence-corrected chi connectivity index (χ1v) is 6.63. The first-order chi connectivity index (χ1) is 9.19. The fourth-order valence-electron chi connectivity index (χ4n) is 2.12. The zero-order valence-electron chi connectivity index (χ0n) is 11.5. The number of nitrogens with zero attached hydrogens (tertiary/aromatic N) is 2. The van der Waals surface area contributed by atoms with Crippen LogP contribution < -0.4 is 5.32 Å². The van der Waals surface area contributed by atoms with Crippen molar-refractivity contribution < 1.29 is 14.3 Å². The number of hydrogen-bond donors (Lipinski definition) is 1. The number of ether oxygens (including phenoxy) is 2. The smallest absolute Gasteiger partial charge is 0.229 e. The number of carbonyl (C=O) groups is 1. The van der Waals surface area contributed by atoms with Crippen LogP contribution in [0.4, 0.5) is 5.69 Å². The Morgan fingerprint density at radius 1 is 1.74 bits per heavy atom. The molecule has 1 N–H and O–H groups in total. The molecule has 0 saturated carbocycles. The molecule has 0 aromatic carbocycles. The Balaban J connectivity index is 1.84. The second-order valence-corrected chi connectivity index (χ2v) is 4.93. The van der Waals surface area contributed by atoms with Gasteiger partial charge in [0.05, 0.1) is 37.1 Å². The summed E-state index contributed by atoms with van der Waals surface area (Å²) >= 11 is 0. The predicted octanol–water partition coefficient (Wildman–Crippen LogP) is 1.28. The largest absolute Gasteiger partial charge is 0.384 e. The third-order valence-corrected chi connectivity index (χ3v) is 3.18. The van der Waals surface area contributed by atoms with E-state index in [1.807, 2.05) is 17.8 Å². The molecule has 1 aromatic rings. The number of anilines is 1. The molecule has 0 spiro atoms. The van der Waals surface area contributed by atoms with Gasteiger partial charge in [-0.3, -0.25) is 9.48 Å². The van der Waals surface area contributed by atoms with E-state index in [1.54, 1.807) is 13.3 Å². The summed E-state index contributed by atoms with van der Waals surface area (Å²) in [6, 6.07) is 0. The van der Waals surface area contributed by atoms with Gasteiger partial charge in [-0.05, 0) is 12.8 Å². The molecule has 2 atom stereocenters. The summed E-state index contributed by atoms with van der Waals surface area (Å²) in [4.78, 5) is 11.8.